The number of primary amides is 1. The molecule has 0 aliphatic carbocycles. The van der Waals surface area contributed by atoms with Gasteiger partial charge in [-0.3, -0.25) is 9.69 Å². The standard InChI is InChI=1S/C13H17BrN2O3/c14-11-3-1-2-4-12(11)19-9-10-7-16(5-6-18-10)8-13(15)17/h1-4,10H,5-9H2,(H2,15,17). The van der Waals surface area contributed by atoms with E-state index in [0.717, 1.165) is 16.8 Å². The third kappa shape index (κ3) is 4.49. The lowest BCUT2D eigenvalue weighted by Crippen LogP contribution is -2.47. The molecule has 0 aromatic heterocycles. The van der Waals surface area contributed by atoms with Gasteiger partial charge in [0.1, 0.15) is 18.5 Å². The Morgan fingerprint density at radius 3 is 3.05 bits per heavy atom. The van der Waals surface area contributed by atoms with Crippen LogP contribution in [0.25, 0.3) is 0 Å². The van der Waals surface area contributed by atoms with Gasteiger partial charge >= 0.3 is 0 Å². The molecule has 1 unspecified atom stereocenters. The second-order valence-electron chi connectivity index (χ2n) is 4.44. The van der Waals surface area contributed by atoms with E-state index >= 15 is 0 Å². The zero-order chi connectivity index (χ0) is 13.7. The van der Waals surface area contributed by atoms with Crippen LogP contribution in [0.5, 0.6) is 5.75 Å². The van der Waals surface area contributed by atoms with Gasteiger partial charge in [0.2, 0.25) is 5.91 Å². The van der Waals surface area contributed by atoms with Gasteiger partial charge in [-0.2, -0.15) is 0 Å². The number of nitrogens with two attached hydrogens (primary N) is 1. The zero-order valence-electron chi connectivity index (χ0n) is 10.5. The molecule has 2 N–H and O–H groups in total. The number of para-hydroxylation sites is 1. The second-order valence-corrected chi connectivity index (χ2v) is 5.29. The number of halogens is 1. The Morgan fingerprint density at radius 2 is 2.32 bits per heavy atom. The predicted molar refractivity (Wildman–Crippen MR) is 75.0 cm³/mol. The maximum Gasteiger partial charge on any atom is 0.231 e. The molecule has 0 spiro atoms. The number of amides is 1. The number of hydrogen-bond donors (Lipinski definition) is 1. The van der Waals surface area contributed by atoms with Crippen LogP contribution in [0.4, 0.5) is 0 Å². The van der Waals surface area contributed by atoms with Crippen molar-refractivity contribution in [1.29, 1.82) is 0 Å². The first-order valence-electron chi connectivity index (χ1n) is 6.15. The van der Waals surface area contributed by atoms with Gasteiger partial charge in [0, 0.05) is 13.1 Å². The van der Waals surface area contributed by atoms with E-state index in [1.165, 1.54) is 0 Å². The van der Waals surface area contributed by atoms with Crippen molar-refractivity contribution in [1.82, 2.24) is 4.90 Å². The molecule has 19 heavy (non-hydrogen) atoms. The molecule has 1 atom stereocenters. The lowest BCUT2D eigenvalue weighted by atomic mass is 10.3. The van der Waals surface area contributed by atoms with Crippen LogP contribution in [0.3, 0.4) is 0 Å². The summed E-state index contributed by atoms with van der Waals surface area (Å²) in [5.41, 5.74) is 5.19. The largest absolute Gasteiger partial charge is 0.490 e. The summed E-state index contributed by atoms with van der Waals surface area (Å²) >= 11 is 3.43. The minimum atomic E-state index is -0.313. The molecule has 1 aromatic rings. The van der Waals surface area contributed by atoms with Crippen molar-refractivity contribution in [2.75, 3.05) is 32.8 Å². The van der Waals surface area contributed by atoms with Crippen molar-refractivity contribution in [3.8, 4) is 5.75 Å². The average molecular weight is 329 g/mol. The highest BCUT2D eigenvalue weighted by Crippen LogP contribution is 2.24. The van der Waals surface area contributed by atoms with Gasteiger partial charge in [0.15, 0.2) is 0 Å². The molecule has 5 nitrogen and oxygen atoms in total. The fourth-order valence-corrected chi connectivity index (χ4v) is 2.39. The van der Waals surface area contributed by atoms with Crippen molar-refractivity contribution in [3.05, 3.63) is 28.7 Å². The third-order valence-corrected chi connectivity index (χ3v) is 3.52. The number of morpholine rings is 1. The monoisotopic (exact) mass is 328 g/mol. The Balaban J connectivity index is 1.82. The van der Waals surface area contributed by atoms with Crippen molar-refractivity contribution >= 4 is 21.8 Å². The normalized spacial score (nSPS) is 20.2. The SMILES string of the molecule is NC(=O)CN1CCOC(COc2ccccc2Br)C1. The van der Waals surface area contributed by atoms with Crippen LogP contribution in [-0.2, 0) is 9.53 Å². The molecule has 1 heterocycles. The van der Waals surface area contributed by atoms with E-state index in [2.05, 4.69) is 15.9 Å². The lowest BCUT2D eigenvalue weighted by molar-refractivity contribution is -0.121. The molecule has 1 amide bonds. The summed E-state index contributed by atoms with van der Waals surface area (Å²) in [5.74, 6) is 0.477. The second kappa shape index (κ2) is 6.88. The molecule has 1 fully saturated rings. The number of nitrogens with zero attached hydrogens (tertiary/aromatic N) is 1. The topological polar surface area (TPSA) is 64.8 Å². The summed E-state index contributed by atoms with van der Waals surface area (Å²) in [6.07, 6.45) is -0.0415. The summed E-state index contributed by atoms with van der Waals surface area (Å²) in [5, 5.41) is 0. The molecule has 2 rings (SSSR count). The summed E-state index contributed by atoms with van der Waals surface area (Å²) in [7, 11) is 0. The molecule has 1 aliphatic rings. The maximum atomic E-state index is 10.9. The Bertz CT molecular complexity index is 442. The van der Waals surface area contributed by atoms with Gasteiger partial charge in [-0.25, -0.2) is 0 Å². The van der Waals surface area contributed by atoms with Crippen LogP contribution in [0, 0.1) is 0 Å². The van der Waals surface area contributed by atoms with Gasteiger partial charge in [0.25, 0.3) is 0 Å². The smallest absolute Gasteiger partial charge is 0.231 e. The van der Waals surface area contributed by atoms with Crippen LogP contribution >= 0.6 is 15.9 Å². The Kier molecular flexibility index (Phi) is 5.18. The van der Waals surface area contributed by atoms with E-state index in [0.29, 0.717) is 19.8 Å². The highest BCUT2D eigenvalue weighted by atomic mass is 79.9. The molecule has 0 bridgehead atoms. The Hall–Kier alpha value is -1.11. The van der Waals surface area contributed by atoms with E-state index in [1.807, 2.05) is 29.2 Å². The van der Waals surface area contributed by atoms with Crippen LogP contribution in [0.15, 0.2) is 28.7 Å². The molecule has 0 saturated carbocycles. The summed E-state index contributed by atoms with van der Waals surface area (Å²) < 4.78 is 12.2. The highest BCUT2D eigenvalue weighted by Gasteiger charge is 2.22. The first kappa shape index (κ1) is 14.3. The van der Waals surface area contributed by atoms with Gasteiger partial charge in [-0.1, -0.05) is 12.1 Å². The molecular formula is C13H17BrN2O3. The fraction of sp³-hybridized carbons (Fsp3) is 0.462. The molecule has 1 aliphatic heterocycles. The van der Waals surface area contributed by atoms with Crippen molar-refractivity contribution in [2.24, 2.45) is 5.73 Å². The summed E-state index contributed by atoms with van der Waals surface area (Å²) in [4.78, 5) is 12.9. The van der Waals surface area contributed by atoms with Crippen LogP contribution in [-0.4, -0.2) is 49.8 Å². The minimum absolute atomic E-state index is 0.0415. The molecule has 0 radical (unpaired) electrons. The predicted octanol–water partition coefficient (Wildman–Crippen LogP) is 1.01. The first-order chi connectivity index (χ1) is 9.15. The van der Waals surface area contributed by atoms with Crippen molar-refractivity contribution < 1.29 is 14.3 Å². The van der Waals surface area contributed by atoms with Crippen molar-refractivity contribution in [3.63, 3.8) is 0 Å². The Labute approximate surface area is 120 Å². The molecule has 1 saturated heterocycles. The van der Waals surface area contributed by atoms with Gasteiger partial charge in [0.05, 0.1) is 17.6 Å². The molecule has 1 aromatic carbocycles. The quantitative estimate of drug-likeness (QED) is 0.876. The number of rotatable bonds is 5. The Morgan fingerprint density at radius 1 is 1.53 bits per heavy atom. The number of hydrogen-bond acceptors (Lipinski definition) is 4. The average Bonchev–Trinajstić information content (AvgIpc) is 2.37. The van der Waals surface area contributed by atoms with E-state index in [1.54, 1.807) is 0 Å². The summed E-state index contributed by atoms with van der Waals surface area (Å²) in [6, 6.07) is 7.68. The van der Waals surface area contributed by atoms with Crippen LogP contribution in [0.1, 0.15) is 0 Å². The highest BCUT2D eigenvalue weighted by molar-refractivity contribution is 9.10. The van der Waals surface area contributed by atoms with E-state index in [4.69, 9.17) is 15.2 Å². The fourth-order valence-electron chi connectivity index (χ4n) is 1.99. The van der Waals surface area contributed by atoms with Crippen LogP contribution < -0.4 is 10.5 Å². The van der Waals surface area contributed by atoms with Gasteiger partial charge in [-0.15, -0.1) is 0 Å². The number of benzene rings is 1. The molecule has 6 heteroatoms. The van der Waals surface area contributed by atoms with E-state index in [9.17, 15) is 4.79 Å². The number of ether oxygens (including phenoxy) is 2. The van der Waals surface area contributed by atoms with Crippen molar-refractivity contribution in [2.45, 2.75) is 6.10 Å². The van der Waals surface area contributed by atoms with Gasteiger partial charge in [-0.05, 0) is 28.1 Å². The minimum Gasteiger partial charge on any atom is -0.490 e. The summed E-state index contributed by atoms with van der Waals surface area (Å²) in [6.45, 7) is 2.71. The van der Waals surface area contributed by atoms with Gasteiger partial charge < -0.3 is 15.2 Å². The lowest BCUT2D eigenvalue weighted by Gasteiger charge is -2.31. The molecule has 104 valence electrons. The van der Waals surface area contributed by atoms with E-state index in [-0.39, 0.29) is 18.6 Å². The number of carbonyl (C=O) groups is 1. The van der Waals surface area contributed by atoms with Crippen LogP contribution in [0.2, 0.25) is 0 Å². The molecular weight excluding hydrogens is 312 g/mol. The zero-order valence-corrected chi connectivity index (χ0v) is 12.1. The van der Waals surface area contributed by atoms with E-state index < -0.39 is 0 Å². The first-order valence-corrected chi connectivity index (χ1v) is 6.94. The maximum absolute atomic E-state index is 10.9. The number of carbonyl (C=O) groups excluding carboxylic acids is 1. The third-order valence-electron chi connectivity index (χ3n) is 2.86.